The Morgan fingerprint density at radius 2 is 1.79 bits per heavy atom. The highest BCUT2D eigenvalue weighted by atomic mass is 16.6. The fourth-order valence-electron chi connectivity index (χ4n) is 3.49. The smallest absolute Gasteiger partial charge is 0.246 e. The van der Waals surface area contributed by atoms with E-state index in [1.54, 1.807) is 19.3 Å². The van der Waals surface area contributed by atoms with Gasteiger partial charge in [0.25, 0.3) is 0 Å². The van der Waals surface area contributed by atoms with Crippen LogP contribution in [0.1, 0.15) is 5.56 Å². The van der Waals surface area contributed by atoms with E-state index in [0.29, 0.717) is 43.6 Å². The van der Waals surface area contributed by atoms with Crippen molar-refractivity contribution in [1.82, 2.24) is 4.90 Å². The van der Waals surface area contributed by atoms with Gasteiger partial charge in [-0.25, -0.2) is 0 Å². The quantitative estimate of drug-likeness (QED) is 0.764. The zero-order valence-electron chi connectivity index (χ0n) is 16.0. The SMILES string of the molecule is COc1cc(/C=C/C(=O)N2CCN(c3ccccc3)CC2)cc2c1OCCO2. The highest BCUT2D eigenvalue weighted by Gasteiger charge is 2.20. The number of para-hydroxylation sites is 1. The lowest BCUT2D eigenvalue weighted by Gasteiger charge is -2.35. The van der Waals surface area contributed by atoms with Crippen molar-refractivity contribution >= 4 is 17.7 Å². The highest BCUT2D eigenvalue weighted by molar-refractivity contribution is 5.92. The van der Waals surface area contributed by atoms with E-state index < -0.39 is 0 Å². The Kier molecular flexibility index (Phi) is 5.37. The lowest BCUT2D eigenvalue weighted by Crippen LogP contribution is -2.48. The second-order valence-electron chi connectivity index (χ2n) is 6.73. The largest absolute Gasteiger partial charge is 0.493 e. The van der Waals surface area contributed by atoms with Gasteiger partial charge in [0.05, 0.1) is 7.11 Å². The number of ether oxygens (including phenoxy) is 3. The summed E-state index contributed by atoms with van der Waals surface area (Å²) in [6.45, 7) is 4.11. The first kappa shape index (κ1) is 18.2. The number of hydrogen-bond acceptors (Lipinski definition) is 5. The Hall–Kier alpha value is -3.15. The normalized spacial score (nSPS) is 16.3. The summed E-state index contributed by atoms with van der Waals surface area (Å²) in [5.41, 5.74) is 2.05. The Bertz CT molecular complexity index is 841. The number of amides is 1. The number of fused-ring (bicyclic) bond motifs is 1. The van der Waals surface area contributed by atoms with Crippen LogP contribution in [0, 0.1) is 0 Å². The molecule has 4 rings (SSSR count). The molecular weight excluding hydrogens is 356 g/mol. The molecule has 0 aromatic heterocycles. The molecule has 0 radical (unpaired) electrons. The van der Waals surface area contributed by atoms with Gasteiger partial charge >= 0.3 is 0 Å². The third-order valence-corrected chi connectivity index (χ3v) is 4.98. The van der Waals surface area contributed by atoms with Crippen molar-refractivity contribution in [3.63, 3.8) is 0 Å². The van der Waals surface area contributed by atoms with Crippen molar-refractivity contribution in [2.75, 3.05) is 51.4 Å². The molecule has 1 saturated heterocycles. The van der Waals surface area contributed by atoms with Crippen LogP contribution >= 0.6 is 0 Å². The maximum Gasteiger partial charge on any atom is 0.246 e. The molecule has 0 bridgehead atoms. The molecule has 6 nitrogen and oxygen atoms in total. The van der Waals surface area contributed by atoms with Crippen LogP contribution in [-0.4, -0.2) is 57.3 Å². The molecule has 1 amide bonds. The molecule has 0 atom stereocenters. The molecule has 2 aromatic rings. The molecular formula is C22H24N2O4. The van der Waals surface area contributed by atoms with Crippen molar-refractivity contribution in [3.05, 3.63) is 54.1 Å². The average molecular weight is 380 g/mol. The van der Waals surface area contributed by atoms with Gasteiger partial charge in [-0.1, -0.05) is 18.2 Å². The molecule has 0 spiro atoms. The van der Waals surface area contributed by atoms with Gasteiger partial charge in [-0.2, -0.15) is 0 Å². The van der Waals surface area contributed by atoms with Gasteiger partial charge in [0.15, 0.2) is 11.5 Å². The minimum atomic E-state index is 0.0153. The fraction of sp³-hybridized carbons (Fsp3) is 0.318. The third kappa shape index (κ3) is 3.91. The highest BCUT2D eigenvalue weighted by Crippen LogP contribution is 2.40. The molecule has 0 saturated carbocycles. The Morgan fingerprint density at radius 1 is 1.04 bits per heavy atom. The van der Waals surface area contributed by atoms with Crippen molar-refractivity contribution < 1.29 is 19.0 Å². The lowest BCUT2D eigenvalue weighted by molar-refractivity contribution is -0.126. The second-order valence-corrected chi connectivity index (χ2v) is 6.73. The lowest BCUT2D eigenvalue weighted by atomic mass is 10.1. The number of methoxy groups -OCH3 is 1. The van der Waals surface area contributed by atoms with E-state index in [2.05, 4.69) is 17.0 Å². The van der Waals surface area contributed by atoms with E-state index in [-0.39, 0.29) is 5.91 Å². The number of piperazine rings is 1. The van der Waals surface area contributed by atoms with E-state index >= 15 is 0 Å². The van der Waals surface area contributed by atoms with E-state index in [4.69, 9.17) is 14.2 Å². The second kappa shape index (κ2) is 8.25. The van der Waals surface area contributed by atoms with E-state index in [0.717, 1.165) is 18.7 Å². The Balaban J connectivity index is 1.39. The zero-order chi connectivity index (χ0) is 19.3. The van der Waals surface area contributed by atoms with Gasteiger partial charge in [-0.15, -0.1) is 0 Å². The molecule has 28 heavy (non-hydrogen) atoms. The number of nitrogens with zero attached hydrogens (tertiary/aromatic N) is 2. The number of benzene rings is 2. The van der Waals surface area contributed by atoms with Crippen molar-refractivity contribution in [2.45, 2.75) is 0 Å². The van der Waals surface area contributed by atoms with Crippen molar-refractivity contribution in [3.8, 4) is 17.2 Å². The minimum absolute atomic E-state index is 0.0153. The molecule has 2 aliphatic heterocycles. The molecule has 2 aliphatic rings. The molecule has 6 heteroatoms. The maximum absolute atomic E-state index is 12.6. The summed E-state index contributed by atoms with van der Waals surface area (Å²) >= 11 is 0. The van der Waals surface area contributed by atoms with Crippen molar-refractivity contribution in [2.24, 2.45) is 0 Å². The molecule has 146 valence electrons. The summed E-state index contributed by atoms with van der Waals surface area (Å²) in [6.07, 6.45) is 3.41. The fourth-order valence-corrected chi connectivity index (χ4v) is 3.49. The number of anilines is 1. The predicted octanol–water partition coefficient (Wildman–Crippen LogP) is 2.83. The topological polar surface area (TPSA) is 51.2 Å². The standard InChI is InChI=1S/C22H24N2O4/c1-26-19-15-17(16-20-22(19)28-14-13-27-20)7-8-21(25)24-11-9-23(10-12-24)18-5-3-2-4-6-18/h2-8,15-16H,9-14H2,1H3/b8-7+. The average Bonchev–Trinajstić information content (AvgIpc) is 2.77. The van der Waals surface area contributed by atoms with Crippen LogP contribution in [-0.2, 0) is 4.79 Å². The van der Waals surface area contributed by atoms with Crippen LogP contribution in [0.5, 0.6) is 17.2 Å². The number of rotatable bonds is 4. The summed E-state index contributed by atoms with van der Waals surface area (Å²) < 4.78 is 16.6. The van der Waals surface area contributed by atoms with Gasteiger partial charge in [0.2, 0.25) is 11.7 Å². The van der Waals surface area contributed by atoms with Crippen LogP contribution in [0.3, 0.4) is 0 Å². The molecule has 0 N–H and O–H groups in total. The van der Waals surface area contributed by atoms with Gasteiger partial charge in [0, 0.05) is 37.9 Å². The van der Waals surface area contributed by atoms with Crippen molar-refractivity contribution in [1.29, 1.82) is 0 Å². The van der Waals surface area contributed by atoms with Crippen LogP contribution in [0.15, 0.2) is 48.5 Å². The molecule has 0 aliphatic carbocycles. The van der Waals surface area contributed by atoms with E-state index in [9.17, 15) is 4.79 Å². The van der Waals surface area contributed by atoms with Gasteiger partial charge in [-0.05, 0) is 35.9 Å². The number of hydrogen-bond donors (Lipinski definition) is 0. The Labute approximate surface area is 164 Å². The van der Waals surface area contributed by atoms with E-state index in [1.165, 1.54) is 5.69 Å². The van der Waals surface area contributed by atoms with E-state index in [1.807, 2.05) is 35.2 Å². The number of carbonyl (C=O) groups is 1. The molecule has 2 heterocycles. The minimum Gasteiger partial charge on any atom is -0.493 e. The molecule has 1 fully saturated rings. The maximum atomic E-state index is 12.6. The van der Waals surface area contributed by atoms with Gasteiger partial charge in [-0.3, -0.25) is 4.79 Å². The first-order valence-corrected chi connectivity index (χ1v) is 9.49. The first-order valence-electron chi connectivity index (χ1n) is 9.49. The summed E-state index contributed by atoms with van der Waals surface area (Å²) in [7, 11) is 1.60. The summed E-state index contributed by atoms with van der Waals surface area (Å²) in [6, 6.07) is 14.0. The van der Waals surface area contributed by atoms with Crippen LogP contribution in [0.4, 0.5) is 5.69 Å². The first-order chi connectivity index (χ1) is 13.7. The molecule has 0 unspecified atom stereocenters. The zero-order valence-corrected chi connectivity index (χ0v) is 16.0. The monoisotopic (exact) mass is 380 g/mol. The number of carbonyl (C=O) groups excluding carboxylic acids is 1. The third-order valence-electron chi connectivity index (χ3n) is 4.98. The summed E-state index contributed by atoms with van der Waals surface area (Å²) in [5.74, 6) is 1.89. The van der Waals surface area contributed by atoms with Gasteiger partial charge < -0.3 is 24.0 Å². The van der Waals surface area contributed by atoms with Crippen LogP contribution in [0.2, 0.25) is 0 Å². The summed E-state index contributed by atoms with van der Waals surface area (Å²) in [4.78, 5) is 16.8. The Morgan fingerprint density at radius 3 is 2.54 bits per heavy atom. The van der Waals surface area contributed by atoms with Gasteiger partial charge in [0.1, 0.15) is 13.2 Å². The van der Waals surface area contributed by atoms with Crippen LogP contribution < -0.4 is 19.1 Å². The predicted molar refractivity (Wildman–Crippen MR) is 108 cm³/mol. The summed E-state index contributed by atoms with van der Waals surface area (Å²) in [5, 5.41) is 0. The van der Waals surface area contributed by atoms with Crippen LogP contribution in [0.25, 0.3) is 6.08 Å². The molecule has 2 aromatic carbocycles.